The molecule has 1 fully saturated rings. The number of halogens is 3. The van der Waals surface area contributed by atoms with Gasteiger partial charge in [-0.1, -0.05) is 12.1 Å². The number of hydrogen-bond donors (Lipinski definition) is 0. The van der Waals surface area contributed by atoms with Crippen LogP contribution in [-0.4, -0.2) is 38.0 Å². The standard InChI is InChI=1S/C18H15F3O6/c1-25-15(23)12-13(16(24)26-2)17(8-7-11(22)14(12)27-17)9-3-5-10(6-4-9)18(19,20)21/h3-6,14H,7-8H2,1-2H3. The molecule has 1 aromatic rings. The molecule has 2 heterocycles. The summed E-state index contributed by atoms with van der Waals surface area (Å²) in [4.78, 5) is 36.9. The number of methoxy groups -OCH3 is 2. The summed E-state index contributed by atoms with van der Waals surface area (Å²) in [6.45, 7) is 0. The van der Waals surface area contributed by atoms with Crippen LogP contribution in [0.1, 0.15) is 24.0 Å². The lowest BCUT2D eigenvalue weighted by atomic mass is 9.81. The number of esters is 2. The quantitative estimate of drug-likeness (QED) is 0.745. The second-order valence-electron chi connectivity index (χ2n) is 6.14. The Balaban J connectivity index is 2.20. The van der Waals surface area contributed by atoms with Crippen LogP contribution in [0.25, 0.3) is 0 Å². The van der Waals surface area contributed by atoms with Crippen LogP contribution in [0.2, 0.25) is 0 Å². The lowest BCUT2D eigenvalue weighted by Crippen LogP contribution is -2.40. The van der Waals surface area contributed by atoms with E-state index in [4.69, 9.17) is 9.47 Å². The Labute approximate surface area is 151 Å². The molecule has 0 amide bonds. The van der Waals surface area contributed by atoms with Crippen LogP contribution < -0.4 is 0 Å². The zero-order valence-corrected chi connectivity index (χ0v) is 14.4. The zero-order chi connectivity index (χ0) is 20.0. The van der Waals surface area contributed by atoms with E-state index in [-0.39, 0.29) is 29.6 Å². The number of alkyl halides is 3. The van der Waals surface area contributed by atoms with E-state index in [1.807, 2.05) is 0 Å². The van der Waals surface area contributed by atoms with Crippen LogP contribution in [0.3, 0.4) is 0 Å². The molecule has 0 aliphatic carbocycles. The van der Waals surface area contributed by atoms with Gasteiger partial charge < -0.3 is 14.2 Å². The fraction of sp³-hybridized carbons (Fsp3) is 0.389. The van der Waals surface area contributed by atoms with Gasteiger partial charge in [0.05, 0.1) is 30.9 Å². The number of ketones is 1. The number of carbonyl (C=O) groups excluding carboxylic acids is 3. The fourth-order valence-electron chi connectivity index (χ4n) is 3.49. The number of hydrogen-bond acceptors (Lipinski definition) is 6. The third-order valence-electron chi connectivity index (χ3n) is 4.74. The lowest BCUT2D eigenvalue weighted by molar-refractivity contribution is -0.152. The predicted molar refractivity (Wildman–Crippen MR) is 83.3 cm³/mol. The maximum atomic E-state index is 12.9. The van der Waals surface area contributed by atoms with Gasteiger partial charge in [0, 0.05) is 6.42 Å². The molecule has 2 atom stereocenters. The number of ether oxygens (including phenoxy) is 3. The van der Waals surface area contributed by atoms with Gasteiger partial charge in [0.25, 0.3) is 0 Å². The van der Waals surface area contributed by atoms with Crippen LogP contribution >= 0.6 is 0 Å². The van der Waals surface area contributed by atoms with Crippen molar-refractivity contribution >= 4 is 17.7 Å². The minimum Gasteiger partial charge on any atom is -0.466 e. The highest BCUT2D eigenvalue weighted by atomic mass is 19.4. The molecule has 0 N–H and O–H groups in total. The summed E-state index contributed by atoms with van der Waals surface area (Å²) in [5.41, 5.74) is -2.70. The highest BCUT2D eigenvalue weighted by Crippen LogP contribution is 2.51. The number of benzene rings is 1. The first-order valence-corrected chi connectivity index (χ1v) is 7.95. The van der Waals surface area contributed by atoms with Gasteiger partial charge >= 0.3 is 18.1 Å². The van der Waals surface area contributed by atoms with Gasteiger partial charge in [0.2, 0.25) is 0 Å². The first-order chi connectivity index (χ1) is 12.7. The molecule has 3 rings (SSSR count). The molecule has 6 nitrogen and oxygen atoms in total. The number of Topliss-reactive ketones (excluding diaryl/α,β-unsaturated/α-hetero) is 1. The lowest BCUT2D eigenvalue weighted by Gasteiger charge is -2.35. The molecule has 9 heteroatoms. The molecule has 1 aromatic carbocycles. The van der Waals surface area contributed by atoms with Crippen molar-refractivity contribution in [2.45, 2.75) is 30.7 Å². The Morgan fingerprint density at radius 1 is 1.11 bits per heavy atom. The van der Waals surface area contributed by atoms with E-state index in [9.17, 15) is 27.6 Å². The van der Waals surface area contributed by atoms with Crippen LogP contribution in [0.15, 0.2) is 35.4 Å². The van der Waals surface area contributed by atoms with E-state index < -0.39 is 41.2 Å². The SMILES string of the molecule is COC(=O)C1=C(C(=O)OC)C2(c3ccc(C(F)(F)F)cc3)CCC(=O)C1O2. The van der Waals surface area contributed by atoms with Crippen molar-refractivity contribution in [2.75, 3.05) is 14.2 Å². The second kappa shape index (κ2) is 6.49. The molecule has 0 spiro atoms. The largest absolute Gasteiger partial charge is 0.466 e. The van der Waals surface area contributed by atoms with Gasteiger partial charge in [-0.15, -0.1) is 0 Å². The molecular weight excluding hydrogens is 369 g/mol. The van der Waals surface area contributed by atoms with E-state index in [0.717, 1.165) is 26.4 Å². The topological polar surface area (TPSA) is 78.9 Å². The molecule has 2 unspecified atom stereocenters. The van der Waals surface area contributed by atoms with Gasteiger partial charge in [0.1, 0.15) is 5.60 Å². The first kappa shape index (κ1) is 19.1. The minimum atomic E-state index is -4.53. The fourth-order valence-corrected chi connectivity index (χ4v) is 3.49. The van der Waals surface area contributed by atoms with E-state index >= 15 is 0 Å². The van der Waals surface area contributed by atoms with E-state index in [2.05, 4.69) is 4.74 Å². The molecule has 2 aliphatic heterocycles. The molecule has 2 aliphatic rings. The Bertz CT molecular complexity index is 840. The molecule has 1 saturated heterocycles. The first-order valence-electron chi connectivity index (χ1n) is 7.95. The van der Waals surface area contributed by atoms with Crippen molar-refractivity contribution in [3.8, 4) is 0 Å². The molecule has 0 aromatic heterocycles. The van der Waals surface area contributed by atoms with Crippen molar-refractivity contribution in [3.05, 3.63) is 46.5 Å². The monoisotopic (exact) mass is 384 g/mol. The summed E-state index contributed by atoms with van der Waals surface area (Å²) in [5, 5.41) is 0. The average Bonchev–Trinajstić information content (AvgIpc) is 2.95. The highest BCUT2D eigenvalue weighted by Gasteiger charge is 2.58. The smallest absolute Gasteiger partial charge is 0.416 e. The van der Waals surface area contributed by atoms with Crippen molar-refractivity contribution in [1.82, 2.24) is 0 Å². The number of carbonyl (C=O) groups is 3. The van der Waals surface area contributed by atoms with E-state index in [1.54, 1.807) is 0 Å². The zero-order valence-electron chi connectivity index (χ0n) is 14.4. The molecular formula is C18H15F3O6. The summed E-state index contributed by atoms with van der Waals surface area (Å²) in [6, 6.07) is 4.03. The maximum Gasteiger partial charge on any atom is 0.416 e. The van der Waals surface area contributed by atoms with Crippen LogP contribution in [-0.2, 0) is 40.4 Å². The van der Waals surface area contributed by atoms with Gasteiger partial charge in [-0.25, -0.2) is 9.59 Å². The summed E-state index contributed by atoms with van der Waals surface area (Å²) in [5.74, 6) is -2.26. The Hall–Kier alpha value is -2.68. The van der Waals surface area contributed by atoms with E-state index in [0.29, 0.717) is 0 Å². The van der Waals surface area contributed by atoms with Crippen molar-refractivity contribution < 1.29 is 41.8 Å². The normalized spacial score (nSPS) is 24.8. The van der Waals surface area contributed by atoms with Crippen LogP contribution in [0, 0.1) is 0 Å². The maximum absolute atomic E-state index is 12.9. The number of fused-ring (bicyclic) bond motifs is 2. The van der Waals surface area contributed by atoms with Crippen molar-refractivity contribution in [3.63, 3.8) is 0 Å². The molecule has 0 radical (unpaired) electrons. The molecule has 2 bridgehead atoms. The summed E-state index contributed by atoms with van der Waals surface area (Å²) >= 11 is 0. The summed E-state index contributed by atoms with van der Waals surface area (Å²) in [6.07, 6.45) is -5.90. The van der Waals surface area contributed by atoms with Crippen LogP contribution in [0.5, 0.6) is 0 Å². The van der Waals surface area contributed by atoms with Gasteiger partial charge in [-0.05, 0) is 24.1 Å². The Morgan fingerprint density at radius 3 is 2.22 bits per heavy atom. The number of rotatable bonds is 3. The summed E-state index contributed by atoms with van der Waals surface area (Å²) in [7, 11) is 2.18. The molecule has 27 heavy (non-hydrogen) atoms. The minimum absolute atomic E-state index is 0.0153. The van der Waals surface area contributed by atoms with Gasteiger partial charge in [-0.3, -0.25) is 4.79 Å². The second-order valence-corrected chi connectivity index (χ2v) is 6.14. The highest BCUT2D eigenvalue weighted by molar-refractivity contribution is 6.09. The summed E-state index contributed by atoms with van der Waals surface area (Å²) < 4.78 is 53.8. The van der Waals surface area contributed by atoms with Gasteiger partial charge in [0.15, 0.2) is 11.9 Å². The Morgan fingerprint density at radius 2 is 1.70 bits per heavy atom. The van der Waals surface area contributed by atoms with Crippen molar-refractivity contribution in [1.29, 1.82) is 0 Å². The van der Waals surface area contributed by atoms with Crippen molar-refractivity contribution in [2.24, 2.45) is 0 Å². The Kier molecular flexibility index (Phi) is 4.59. The average molecular weight is 384 g/mol. The van der Waals surface area contributed by atoms with E-state index in [1.165, 1.54) is 12.1 Å². The molecule has 0 saturated carbocycles. The van der Waals surface area contributed by atoms with Crippen LogP contribution in [0.4, 0.5) is 13.2 Å². The van der Waals surface area contributed by atoms with Gasteiger partial charge in [-0.2, -0.15) is 13.2 Å². The predicted octanol–water partition coefficient (Wildman–Crippen LogP) is 2.30. The molecule has 144 valence electrons. The third-order valence-corrected chi connectivity index (χ3v) is 4.74. The third kappa shape index (κ3) is 2.91.